The quantitative estimate of drug-likeness (QED) is 0.865. The zero-order valence-electron chi connectivity index (χ0n) is 13.1. The molecule has 0 amide bonds. The standard InChI is InChI=1S/C16H23ClN2O3/c1-12-3-4-13(7-15(12)17)8-19-5-6-22-14(10-19)9-18(2)11-16(20)21/h3-4,7,14H,5-6,8-11H2,1-2H3,(H,20,21). The fourth-order valence-electron chi connectivity index (χ4n) is 2.67. The SMILES string of the molecule is Cc1ccc(CN2CCOC(CN(C)CC(=O)O)C2)cc1Cl. The van der Waals surface area contributed by atoms with E-state index in [1.165, 1.54) is 5.56 Å². The van der Waals surface area contributed by atoms with Crippen molar-refractivity contribution in [3.8, 4) is 0 Å². The topological polar surface area (TPSA) is 53.0 Å². The van der Waals surface area contributed by atoms with Gasteiger partial charge in [0.1, 0.15) is 0 Å². The minimum absolute atomic E-state index is 0.0351. The van der Waals surface area contributed by atoms with Crippen LogP contribution in [-0.4, -0.2) is 66.8 Å². The number of ether oxygens (including phenoxy) is 1. The van der Waals surface area contributed by atoms with Crippen molar-refractivity contribution in [2.24, 2.45) is 0 Å². The molecule has 1 saturated heterocycles. The summed E-state index contributed by atoms with van der Waals surface area (Å²) in [5, 5.41) is 9.60. The highest BCUT2D eigenvalue weighted by atomic mass is 35.5. The van der Waals surface area contributed by atoms with Gasteiger partial charge in [0.15, 0.2) is 0 Å². The molecule has 0 bridgehead atoms. The molecule has 1 N–H and O–H groups in total. The fraction of sp³-hybridized carbons (Fsp3) is 0.562. The maximum atomic E-state index is 10.7. The van der Waals surface area contributed by atoms with Gasteiger partial charge in [0.25, 0.3) is 0 Å². The summed E-state index contributed by atoms with van der Waals surface area (Å²) in [6.45, 7) is 5.84. The molecule has 1 heterocycles. The van der Waals surface area contributed by atoms with Gasteiger partial charge in [0, 0.05) is 31.2 Å². The third-order valence-corrected chi connectivity index (χ3v) is 4.19. The zero-order chi connectivity index (χ0) is 16.1. The van der Waals surface area contributed by atoms with E-state index in [0.29, 0.717) is 13.2 Å². The molecule has 22 heavy (non-hydrogen) atoms. The Morgan fingerprint density at radius 1 is 1.55 bits per heavy atom. The van der Waals surface area contributed by atoms with Crippen molar-refractivity contribution in [2.75, 3.05) is 39.8 Å². The lowest BCUT2D eigenvalue weighted by Crippen LogP contribution is -2.47. The van der Waals surface area contributed by atoms with Crippen LogP contribution < -0.4 is 0 Å². The Morgan fingerprint density at radius 2 is 2.32 bits per heavy atom. The maximum absolute atomic E-state index is 10.7. The van der Waals surface area contributed by atoms with E-state index in [-0.39, 0.29) is 12.6 Å². The van der Waals surface area contributed by atoms with E-state index in [4.69, 9.17) is 21.4 Å². The molecule has 0 radical (unpaired) electrons. The molecule has 0 spiro atoms. The Balaban J connectivity index is 1.87. The Kier molecular flexibility index (Phi) is 6.20. The minimum Gasteiger partial charge on any atom is -0.480 e. The first-order chi connectivity index (χ1) is 10.4. The van der Waals surface area contributed by atoms with Crippen LogP contribution in [0.5, 0.6) is 0 Å². The summed E-state index contributed by atoms with van der Waals surface area (Å²) in [7, 11) is 1.80. The first kappa shape index (κ1) is 17.2. The fourth-order valence-corrected chi connectivity index (χ4v) is 2.87. The van der Waals surface area contributed by atoms with Gasteiger partial charge in [-0.05, 0) is 31.2 Å². The van der Waals surface area contributed by atoms with Crippen LogP contribution in [0.1, 0.15) is 11.1 Å². The highest BCUT2D eigenvalue weighted by Gasteiger charge is 2.22. The van der Waals surface area contributed by atoms with Crippen molar-refractivity contribution in [1.82, 2.24) is 9.80 Å². The van der Waals surface area contributed by atoms with Gasteiger partial charge in [-0.3, -0.25) is 14.6 Å². The predicted molar refractivity (Wildman–Crippen MR) is 86.3 cm³/mol. The van der Waals surface area contributed by atoms with E-state index < -0.39 is 5.97 Å². The number of carboxylic acid groups (broad SMARTS) is 1. The molecule has 122 valence electrons. The maximum Gasteiger partial charge on any atom is 0.317 e. The number of hydrogen-bond donors (Lipinski definition) is 1. The summed E-state index contributed by atoms with van der Waals surface area (Å²) in [5.41, 5.74) is 2.27. The molecule has 6 heteroatoms. The Labute approximate surface area is 136 Å². The van der Waals surface area contributed by atoms with Gasteiger partial charge in [0.2, 0.25) is 0 Å². The molecule has 2 rings (SSSR count). The van der Waals surface area contributed by atoms with Gasteiger partial charge in [-0.25, -0.2) is 0 Å². The lowest BCUT2D eigenvalue weighted by Gasteiger charge is -2.34. The van der Waals surface area contributed by atoms with Gasteiger partial charge in [-0.15, -0.1) is 0 Å². The average Bonchev–Trinajstić information content (AvgIpc) is 2.42. The van der Waals surface area contributed by atoms with Crippen LogP contribution in [0.15, 0.2) is 18.2 Å². The number of morpholine rings is 1. The second-order valence-corrected chi connectivity index (χ2v) is 6.31. The highest BCUT2D eigenvalue weighted by molar-refractivity contribution is 6.31. The lowest BCUT2D eigenvalue weighted by molar-refractivity contribution is -0.138. The molecule has 5 nitrogen and oxygen atoms in total. The number of aliphatic carboxylic acids is 1. The molecule has 0 saturated carbocycles. The first-order valence-corrected chi connectivity index (χ1v) is 7.81. The van der Waals surface area contributed by atoms with Crippen molar-refractivity contribution in [3.63, 3.8) is 0 Å². The van der Waals surface area contributed by atoms with Crippen molar-refractivity contribution in [2.45, 2.75) is 19.6 Å². The van der Waals surface area contributed by atoms with Crippen LogP contribution in [0.4, 0.5) is 0 Å². The first-order valence-electron chi connectivity index (χ1n) is 7.43. The van der Waals surface area contributed by atoms with E-state index >= 15 is 0 Å². The number of hydrogen-bond acceptors (Lipinski definition) is 4. The molecule has 1 atom stereocenters. The number of aryl methyl sites for hydroxylation is 1. The molecule has 0 aromatic heterocycles. The van der Waals surface area contributed by atoms with Crippen LogP contribution in [-0.2, 0) is 16.1 Å². The number of likely N-dealkylation sites (N-methyl/N-ethyl adjacent to an activating group) is 1. The molecular formula is C16H23ClN2O3. The third-order valence-electron chi connectivity index (χ3n) is 3.79. The van der Waals surface area contributed by atoms with Crippen LogP contribution in [0.3, 0.4) is 0 Å². The van der Waals surface area contributed by atoms with Crippen LogP contribution in [0.25, 0.3) is 0 Å². The van der Waals surface area contributed by atoms with E-state index in [1.807, 2.05) is 19.1 Å². The van der Waals surface area contributed by atoms with E-state index in [0.717, 1.165) is 30.2 Å². The zero-order valence-corrected chi connectivity index (χ0v) is 13.8. The number of carbonyl (C=O) groups is 1. The van der Waals surface area contributed by atoms with Crippen LogP contribution in [0.2, 0.25) is 5.02 Å². The lowest BCUT2D eigenvalue weighted by atomic mass is 10.1. The van der Waals surface area contributed by atoms with Crippen molar-refractivity contribution in [3.05, 3.63) is 34.3 Å². The third kappa shape index (κ3) is 5.25. The van der Waals surface area contributed by atoms with E-state index in [9.17, 15) is 4.79 Å². The number of nitrogens with zero attached hydrogens (tertiary/aromatic N) is 2. The normalized spacial score (nSPS) is 19.5. The Hall–Kier alpha value is -1.14. The van der Waals surface area contributed by atoms with Crippen molar-refractivity contribution in [1.29, 1.82) is 0 Å². The molecule has 1 aromatic rings. The average molecular weight is 327 g/mol. The summed E-state index contributed by atoms with van der Waals surface area (Å²) in [6.07, 6.45) is 0.0408. The van der Waals surface area contributed by atoms with Gasteiger partial charge in [0.05, 0.1) is 19.3 Å². The number of halogens is 1. The van der Waals surface area contributed by atoms with Gasteiger partial charge in [-0.2, -0.15) is 0 Å². The van der Waals surface area contributed by atoms with Crippen molar-refractivity contribution >= 4 is 17.6 Å². The van der Waals surface area contributed by atoms with Gasteiger partial charge < -0.3 is 9.84 Å². The van der Waals surface area contributed by atoms with Crippen LogP contribution >= 0.6 is 11.6 Å². The highest BCUT2D eigenvalue weighted by Crippen LogP contribution is 2.19. The number of carboxylic acids is 1. The predicted octanol–water partition coefficient (Wildman–Crippen LogP) is 1.87. The summed E-state index contributed by atoms with van der Waals surface area (Å²) in [5.74, 6) is -0.815. The van der Waals surface area contributed by atoms with Crippen LogP contribution in [0, 0.1) is 6.92 Å². The number of benzene rings is 1. The monoisotopic (exact) mass is 326 g/mol. The molecule has 1 aliphatic heterocycles. The Morgan fingerprint density at radius 3 is 3.00 bits per heavy atom. The Bertz CT molecular complexity index is 524. The summed E-state index contributed by atoms with van der Waals surface area (Å²) < 4.78 is 5.74. The molecule has 1 fully saturated rings. The van der Waals surface area contributed by atoms with Gasteiger partial charge in [-0.1, -0.05) is 23.7 Å². The summed E-state index contributed by atoms with van der Waals surface area (Å²) in [4.78, 5) is 14.8. The number of rotatable bonds is 6. The van der Waals surface area contributed by atoms with E-state index in [1.54, 1.807) is 11.9 Å². The second-order valence-electron chi connectivity index (χ2n) is 5.90. The molecule has 1 aliphatic rings. The summed E-state index contributed by atoms with van der Waals surface area (Å²) >= 11 is 6.17. The molecule has 0 aliphatic carbocycles. The van der Waals surface area contributed by atoms with Crippen molar-refractivity contribution < 1.29 is 14.6 Å². The smallest absolute Gasteiger partial charge is 0.317 e. The largest absolute Gasteiger partial charge is 0.480 e. The van der Waals surface area contributed by atoms with Gasteiger partial charge >= 0.3 is 5.97 Å². The molecule has 1 aromatic carbocycles. The second kappa shape index (κ2) is 7.92. The van der Waals surface area contributed by atoms with E-state index in [2.05, 4.69) is 11.0 Å². The molecular weight excluding hydrogens is 304 g/mol. The minimum atomic E-state index is -0.815. The summed E-state index contributed by atoms with van der Waals surface area (Å²) in [6, 6.07) is 6.15. The molecule has 1 unspecified atom stereocenters.